The van der Waals surface area contributed by atoms with Gasteiger partial charge in [0.25, 0.3) is 0 Å². The first-order chi connectivity index (χ1) is 10.3. The minimum atomic E-state index is 0.651. The number of aldehydes is 1. The normalized spacial score (nSPS) is 13.6. The second-order valence-corrected chi connectivity index (χ2v) is 6.56. The van der Waals surface area contributed by atoms with E-state index in [1.807, 2.05) is 36.4 Å². The molecule has 0 unspecified atom stereocenters. The highest BCUT2D eigenvalue weighted by molar-refractivity contribution is 9.10. The second kappa shape index (κ2) is 6.54. The Labute approximate surface area is 135 Å². The minimum Gasteiger partial charge on any atom is -0.490 e. The maximum atomic E-state index is 10.8. The molecule has 0 fully saturated rings. The van der Waals surface area contributed by atoms with Crippen molar-refractivity contribution in [3.05, 3.63) is 46.4 Å². The Morgan fingerprint density at radius 1 is 1.00 bits per heavy atom. The first kappa shape index (κ1) is 14.5. The number of carbonyl (C=O) groups excluding carboxylic acids is 1. The van der Waals surface area contributed by atoms with Crippen LogP contribution in [0.1, 0.15) is 16.8 Å². The average Bonchev–Trinajstić information content (AvgIpc) is 2.72. The van der Waals surface area contributed by atoms with Gasteiger partial charge in [0.2, 0.25) is 0 Å². The number of ether oxygens (including phenoxy) is 2. The third-order valence-corrected chi connectivity index (χ3v) is 4.72. The lowest BCUT2D eigenvalue weighted by Gasteiger charge is -2.09. The molecule has 0 N–H and O–H groups in total. The molecule has 1 heterocycles. The Kier molecular flexibility index (Phi) is 4.51. The molecule has 3 nitrogen and oxygen atoms in total. The van der Waals surface area contributed by atoms with Crippen LogP contribution >= 0.6 is 27.7 Å². The van der Waals surface area contributed by atoms with Gasteiger partial charge in [0.05, 0.1) is 13.2 Å². The molecule has 0 saturated heterocycles. The van der Waals surface area contributed by atoms with Crippen molar-refractivity contribution in [3.63, 3.8) is 0 Å². The third-order valence-electron chi connectivity index (χ3n) is 3.05. The maximum Gasteiger partial charge on any atom is 0.162 e. The van der Waals surface area contributed by atoms with Crippen molar-refractivity contribution in [2.24, 2.45) is 0 Å². The molecule has 0 spiro atoms. The zero-order valence-corrected chi connectivity index (χ0v) is 13.6. The molecular formula is C16H13BrO3S. The second-order valence-electron chi connectivity index (χ2n) is 4.56. The molecule has 0 amide bonds. The van der Waals surface area contributed by atoms with Gasteiger partial charge in [-0.15, -0.1) is 0 Å². The predicted octanol–water partition coefficient (Wildman–Crippen LogP) is 4.57. The zero-order chi connectivity index (χ0) is 14.7. The monoisotopic (exact) mass is 364 g/mol. The maximum absolute atomic E-state index is 10.8. The van der Waals surface area contributed by atoms with Crippen molar-refractivity contribution in [2.45, 2.75) is 16.2 Å². The molecule has 0 saturated carbocycles. The Morgan fingerprint density at radius 3 is 2.48 bits per heavy atom. The van der Waals surface area contributed by atoms with Gasteiger partial charge in [0.1, 0.15) is 0 Å². The van der Waals surface area contributed by atoms with E-state index in [1.165, 1.54) is 0 Å². The van der Waals surface area contributed by atoms with Crippen molar-refractivity contribution < 1.29 is 14.3 Å². The molecule has 0 bridgehead atoms. The van der Waals surface area contributed by atoms with Crippen LogP contribution in [0.3, 0.4) is 0 Å². The number of fused-ring (bicyclic) bond motifs is 1. The van der Waals surface area contributed by atoms with Crippen LogP contribution < -0.4 is 9.47 Å². The predicted molar refractivity (Wildman–Crippen MR) is 85.7 cm³/mol. The van der Waals surface area contributed by atoms with Crippen molar-refractivity contribution in [2.75, 3.05) is 13.2 Å². The van der Waals surface area contributed by atoms with Gasteiger partial charge >= 0.3 is 0 Å². The van der Waals surface area contributed by atoms with E-state index in [1.54, 1.807) is 11.8 Å². The molecule has 0 aromatic heterocycles. The number of hydrogen-bond donors (Lipinski definition) is 0. The highest BCUT2D eigenvalue weighted by Gasteiger charge is 2.11. The van der Waals surface area contributed by atoms with Gasteiger partial charge < -0.3 is 9.47 Å². The molecule has 1 aliphatic rings. The van der Waals surface area contributed by atoms with Gasteiger partial charge in [-0.2, -0.15) is 0 Å². The van der Waals surface area contributed by atoms with Gasteiger partial charge in [-0.25, -0.2) is 0 Å². The van der Waals surface area contributed by atoms with Crippen LogP contribution in [0.5, 0.6) is 11.5 Å². The summed E-state index contributed by atoms with van der Waals surface area (Å²) in [6, 6.07) is 11.6. The standard InChI is InChI=1S/C16H13BrO3S/c17-14-8-12(3-2-11(14)10-18)21-13-4-5-15-16(9-13)20-7-1-6-19-15/h2-5,8-10H,1,6-7H2. The van der Waals surface area contributed by atoms with Gasteiger partial charge in [0.15, 0.2) is 17.8 Å². The molecule has 108 valence electrons. The number of hydrogen-bond acceptors (Lipinski definition) is 4. The van der Waals surface area contributed by atoms with E-state index < -0.39 is 0 Å². The molecule has 3 rings (SSSR count). The van der Waals surface area contributed by atoms with Crippen molar-refractivity contribution in [1.29, 1.82) is 0 Å². The van der Waals surface area contributed by atoms with Crippen LogP contribution in [0.25, 0.3) is 0 Å². The summed E-state index contributed by atoms with van der Waals surface area (Å²) >= 11 is 5.02. The van der Waals surface area contributed by atoms with Gasteiger partial charge in [-0.3, -0.25) is 4.79 Å². The quantitative estimate of drug-likeness (QED) is 0.747. The highest BCUT2D eigenvalue weighted by Crippen LogP contribution is 2.37. The van der Waals surface area contributed by atoms with Gasteiger partial charge in [0, 0.05) is 26.2 Å². The van der Waals surface area contributed by atoms with Crippen molar-refractivity contribution in [3.8, 4) is 11.5 Å². The van der Waals surface area contributed by atoms with Crippen LogP contribution in [-0.2, 0) is 0 Å². The molecule has 0 atom stereocenters. The summed E-state index contributed by atoms with van der Waals surface area (Å²) in [6.45, 7) is 1.38. The summed E-state index contributed by atoms with van der Waals surface area (Å²) < 4.78 is 12.1. The van der Waals surface area contributed by atoms with Crippen LogP contribution in [0, 0.1) is 0 Å². The molecule has 5 heteroatoms. The molecule has 1 aliphatic heterocycles. The summed E-state index contributed by atoms with van der Waals surface area (Å²) in [5.41, 5.74) is 0.651. The molecule has 0 radical (unpaired) electrons. The Hall–Kier alpha value is -1.46. The number of rotatable bonds is 3. The summed E-state index contributed by atoms with van der Waals surface area (Å²) in [6.07, 6.45) is 1.74. The van der Waals surface area contributed by atoms with Crippen molar-refractivity contribution >= 4 is 34.0 Å². The Morgan fingerprint density at radius 2 is 1.71 bits per heavy atom. The first-order valence-electron chi connectivity index (χ1n) is 6.58. The fourth-order valence-corrected chi connectivity index (χ4v) is 3.52. The van der Waals surface area contributed by atoms with Crippen molar-refractivity contribution in [1.82, 2.24) is 0 Å². The van der Waals surface area contributed by atoms with Crippen LogP contribution in [0.4, 0.5) is 0 Å². The van der Waals surface area contributed by atoms with E-state index in [2.05, 4.69) is 15.9 Å². The summed E-state index contributed by atoms with van der Waals surface area (Å²) in [5, 5.41) is 0. The number of halogens is 1. The van der Waals surface area contributed by atoms with Crippen LogP contribution in [0.15, 0.2) is 50.7 Å². The number of carbonyl (C=O) groups is 1. The highest BCUT2D eigenvalue weighted by atomic mass is 79.9. The molecular weight excluding hydrogens is 352 g/mol. The molecule has 2 aromatic rings. The lowest BCUT2D eigenvalue weighted by molar-refractivity contribution is 0.112. The summed E-state index contributed by atoms with van der Waals surface area (Å²) in [7, 11) is 0. The smallest absolute Gasteiger partial charge is 0.162 e. The van der Waals surface area contributed by atoms with E-state index >= 15 is 0 Å². The van der Waals surface area contributed by atoms with Gasteiger partial charge in [-0.05, 0) is 36.4 Å². The third kappa shape index (κ3) is 3.41. The SMILES string of the molecule is O=Cc1ccc(Sc2ccc3c(c2)OCCCO3)cc1Br. The first-order valence-corrected chi connectivity index (χ1v) is 8.19. The van der Waals surface area contributed by atoms with E-state index in [0.29, 0.717) is 18.8 Å². The minimum absolute atomic E-state index is 0.651. The lowest BCUT2D eigenvalue weighted by atomic mass is 10.2. The van der Waals surface area contributed by atoms with Crippen LogP contribution in [-0.4, -0.2) is 19.5 Å². The van der Waals surface area contributed by atoms with E-state index in [0.717, 1.165) is 38.5 Å². The fourth-order valence-electron chi connectivity index (χ4n) is 2.01. The van der Waals surface area contributed by atoms with Gasteiger partial charge in [-0.1, -0.05) is 27.7 Å². The van der Waals surface area contributed by atoms with E-state index in [-0.39, 0.29) is 0 Å². The summed E-state index contributed by atoms with van der Waals surface area (Å²) in [5.74, 6) is 1.59. The summed E-state index contributed by atoms with van der Waals surface area (Å²) in [4.78, 5) is 13.0. The lowest BCUT2D eigenvalue weighted by Crippen LogP contribution is -1.97. The largest absolute Gasteiger partial charge is 0.490 e. The average molecular weight is 365 g/mol. The molecule has 2 aromatic carbocycles. The Bertz CT molecular complexity index is 673. The fraction of sp³-hybridized carbons (Fsp3) is 0.188. The van der Waals surface area contributed by atoms with E-state index in [9.17, 15) is 4.79 Å². The van der Waals surface area contributed by atoms with E-state index in [4.69, 9.17) is 9.47 Å². The van der Waals surface area contributed by atoms with Crippen LogP contribution in [0.2, 0.25) is 0 Å². The molecule has 0 aliphatic carbocycles. The topological polar surface area (TPSA) is 35.5 Å². The Balaban J connectivity index is 1.83. The number of benzene rings is 2. The zero-order valence-electron chi connectivity index (χ0n) is 11.2. The molecule has 21 heavy (non-hydrogen) atoms.